The summed E-state index contributed by atoms with van der Waals surface area (Å²) in [4.78, 5) is 14.8. The molecule has 6 nitrogen and oxygen atoms in total. The molecule has 1 aromatic rings. The molecular formula is C14H21N3O3. The van der Waals surface area contributed by atoms with E-state index in [0.29, 0.717) is 24.2 Å². The molecule has 6 heteroatoms. The van der Waals surface area contributed by atoms with Crippen LogP contribution >= 0.6 is 0 Å². The molecule has 20 heavy (non-hydrogen) atoms. The van der Waals surface area contributed by atoms with E-state index in [1.165, 1.54) is 37.8 Å². The molecule has 110 valence electrons. The number of hydrogen-bond acceptors (Lipinski definition) is 5. The molecule has 2 rings (SSSR count). The number of rotatable bonds is 7. The van der Waals surface area contributed by atoms with E-state index in [9.17, 15) is 10.1 Å². The highest BCUT2D eigenvalue weighted by atomic mass is 16.6. The number of nitrogens with one attached hydrogen (secondary N) is 1. The minimum atomic E-state index is -0.415. The van der Waals surface area contributed by atoms with Crippen LogP contribution in [0.4, 0.5) is 11.5 Å². The Balaban J connectivity index is 2.04. The Labute approximate surface area is 118 Å². The van der Waals surface area contributed by atoms with Gasteiger partial charge in [0.25, 0.3) is 5.69 Å². The maximum absolute atomic E-state index is 10.9. The lowest BCUT2D eigenvalue weighted by Gasteiger charge is -2.12. The van der Waals surface area contributed by atoms with E-state index in [0.717, 1.165) is 13.0 Å². The lowest BCUT2D eigenvalue weighted by Crippen LogP contribution is -2.10. The van der Waals surface area contributed by atoms with Crippen LogP contribution in [0.15, 0.2) is 12.1 Å². The molecule has 0 aliphatic heterocycles. The third kappa shape index (κ3) is 4.08. The van der Waals surface area contributed by atoms with Crippen molar-refractivity contribution in [1.29, 1.82) is 0 Å². The quantitative estimate of drug-likeness (QED) is 0.611. The highest BCUT2D eigenvalue weighted by Crippen LogP contribution is 2.27. The van der Waals surface area contributed by atoms with Gasteiger partial charge in [-0.05, 0) is 25.2 Å². The molecule has 0 radical (unpaired) electrons. The molecule has 0 saturated heterocycles. The molecule has 0 spiro atoms. The molecule has 1 N–H and O–H groups in total. The largest absolute Gasteiger partial charge is 0.477 e. The fraction of sp³-hybridized carbons (Fsp3) is 0.643. The molecule has 0 bridgehead atoms. The highest BCUT2D eigenvalue weighted by Gasteiger charge is 2.17. The zero-order chi connectivity index (χ0) is 14.4. The molecule has 0 atom stereocenters. The van der Waals surface area contributed by atoms with E-state index in [-0.39, 0.29) is 5.69 Å². The van der Waals surface area contributed by atoms with Gasteiger partial charge in [0.15, 0.2) is 0 Å². The molecule has 1 saturated carbocycles. The number of nitro groups is 1. The van der Waals surface area contributed by atoms with Gasteiger partial charge in [0.2, 0.25) is 5.88 Å². The second kappa shape index (κ2) is 7.07. The van der Waals surface area contributed by atoms with Gasteiger partial charge in [-0.2, -0.15) is 4.98 Å². The summed E-state index contributed by atoms with van der Waals surface area (Å²) in [6.07, 6.45) is 5.79. The number of ether oxygens (including phenoxy) is 1. The van der Waals surface area contributed by atoms with E-state index in [4.69, 9.17) is 4.74 Å². The lowest BCUT2D eigenvalue weighted by molar-refractivity contribution is -0.384. The van der Waals surface area contributed by atoms with Crippen molar-refractivity contribution in [2.24, 2.45) is 5.92 Å². The van der Waals surface area contributed by atoms with E-state index in [2.05, 4.69) is 10.3 Å². The summed E-state index contributed by atoms with van der Waals surface area (Å²) in [6, 6.07) is 2.84. The number of nitrogens with zero attached hydrogens (tertiary/aromatic N) is 2. The zero-order valence-corrected chi connectivity index (χ0v) is 11.8. The standard InChI is InChI=1S/C14H21N3O3/c1-2-7-15-13-8-12(17(18)19)9-14(16-13)20-10-11-5-3-4-6-11/h8-9,11H,2-7,10H2,1H3,(H,15,16). The SMILES string of the molecule is CCCNc1cc([N+](=O)[O-])cc(OCC2CCCC2)n1. The fourth-order valence-electron chi connectivity index (χ4n) is 2.39. The fourth-order valence-corrected chi connectivity index (χ4v) is 2.39. The van der Waals surface area contributed by atoms with Crippen molar-refractivity contribution in [3.63, 3.8) is 0 Å². The van der Waals surface area contributed by atoms with Crippen molar-refractivity contribution in [2.75, 3.05) is 18.5 Å². The van der Waals surface area contributed by atoms with E-state index >= 15 is 0 Å². The van der Waals surface area contributed by atoms with Crippen LogP contribution in [0.5, 0.6) is 5.88 Å². The summed E-state index contributed by atoms with van der Waals surface area (Å²) < 4.78 is 5.65. The average Bonchev–Trinajstić information content (AvgIpc) is 2.96. The molecule has 1 fully saturated rings. The molecule has 1 heterocycles. The van der Waals surface area contributed by atoms with Gasteiger partial charge < -0.3 is 10.1 Å². The van der Waals surface area contributed by atoms with Gasteiger partial charge in [0.05, 0.1) is 23.7 Å². The predicted octanol–water partition coefficient (Wildman–Crippen LogP) is 3.38. The van der Waals surface area contributed by atoms with Gasteiger partial charge in [0.1, 0.15) is 5.82 Å². The first-order valence-corrected chi connectivity index (χ1v) is 7.22. The van der Waals surface area contributed by atoms with Crippen LogP contribution in [-0.2, 0) is 0 Å². The minimum absolute atomic E-state index is 0.0139. The maximum atomic E-state index is 10.9. The first-order valence-electron chi connectivity index (χ1n) is 7.22. The van der Waals surface area contributed by atoms with Crippen LogP contribution in [0.1, 0.15) is 39.0 Å². The predicted molar refractivity (Wildman–Crippen MR) is 77.1 cm³/mol. The number of pyridine rings is 1. The number of aromatic nitrogens is 1. The number of anilines is 1. The molecule has 0 amide bonds. The van der Waals surface area contributed by atoms with Crippen molar-refractivity contribution in [3.8, 4) is 5.88 Å². The van der Waals surface area contributed by atoms with Crippen molar-refractivity contribution >= 4 is 11.5 Å². The molecule has 1 aromatic heterocycles. The molecule has 1 aliphatic rings. The lowest BCUT2D eigenvalue weighted by atomic mass is 10.1. The van der Waals surface area contributed by atoms with Crippen LogP contribution in [0.2, 0.25) is 0 Å². The zero-order valence-electron chi connectivity index (χ0n) is 11.8. The normalized spacial score (nSPS) is 15.2. The Morgan fingerprint density at radius 2 is 2.20 bits per heavy atom. The monoisotopic (exact) mass is 279 g/mol. The molecule has 1 aliphatic carbocycles. The average molecular weight is 279 g/mol. The third-order valence-corrected chi connectivity index (χ3v) is 3.50. The summed E-state index contributed by atoms with van der Waals surface area (Å²) >= 11 is 0. The summed E-state index contributed by atoms with van der Waals surface area (Å²) in [5.74, 6) is 1.40. The number of hydrogen-bond donors (Lipinski definition) is 1. The van der Waals surface area contributed by atoms with Crippen molar-refractivity contribution in [3.05, 3.63) is 22.2 Å². The van der Waals surface area contributed by atoms with Crippen LogP contribution in [0.3, 0.4) is 0 Å². The van der Waals surface area contributed by atoms with E-state index in [1.807, 2.05) is 6.92 Å². The highest BCUT2D eigenvalue weighted by molar-refractivity contribution is 5.48. The first kappa shape index (κ1) is 14.6. The molecular weight excluding hydrogens is 258 g/mol. The summed E-state index contributed by atoms with van der Waals surface area (Å²) in [7, 11) is 0. The second-order valence-electron chi connectivity index (χ2n) is 5.19. The van der Waals surface area contributed by atoms with Crippen molar-refractivity contribution in [2.45, 2.75) is 39.0 Å². The van der Waals surface area contributed by atoms with E-state index in [1.54, 1.807) is 0 Å². The van der Waals surface area contributed by atoms with E-state index < -0.39 is 4.92 Å². The summed E-state index contributed by atoms with van der Waals surface area (Å²) in [5.41, 5.74) is 0.0139. The maximum Gasteiger partial charge on any atom is 0.278 e. The smallest absolute Gasteiger partial charge is 0.278 e. The third-order valence-electron chi connectivity index (χ3n) is 3.50. The van der Waals surface area contributed by atoms with Crippen LogP contribution in [-0.4, -0.2) is 23.1 Å². The van der Waals surface area contributed by atoms with Gasteiger partial charge in [-0.15, -0.1) is 0 Å². The first-order chi connectivity index (χ1) is 9.69. The summed E-state index contributed by atoms with van der Waals surface area (Å²) in [6.45, 7) is 3.36. The Morgan fingerprint density at radius 1 is 1.45 bits per heavy atom. The Bertz CT molecular complexity index is 459. The molecule has 0 unspecified atom stereocenters. The van der Waals surface area contributed by atoms with Gasteiger partial charge >= 0.3 is 0 Å². The Morgan fingerprint density at radius 3 is 2.85 bits per heavy atom. The van der Waals surface area contributed by atoms with Gasteiger partial charge in [0, 0.05) is 6.54 Å². The van der Waals surface area contributed by atoms with Crippen LogP contribution < -0.4 is 10.1 Å². The van der Waals surface area contributed by atoms with Gasteiger partial charge in [-0.3, -0.25) is 10.1 Å². The van der Waals surface area contributed by atoms with Crippen LogP contribution in [0, 0.1) is 16.0 Å². The molecule has 0 aromatic carbocycles. The van der Waals surface area contributed by atoms with Crippen molar-refractivity contribution < 1.29 is 9.66 Å². The minimum Gasteiger partial charge on any atom is -0.477 e. The van der Waals surface area contributed by atoms with Gasteiger partial charge in [-0.25, -0.2) is 0 Å². The Hall–Kier alpha value is -1.85. The Kier molecular flexibility index (Phi) is 5.15. The van der Waals surface area contributed by atoms with Crippen molar-refractivity contribution in [1.82, 2.24) is 4.98 Å². The summed E-state index contributed by atoms with van der Waals surface area (Å²) in [5, 5.41) is 14.0. The topological polar surface area (TPSA) is 77.3 Å². The van der Waals surface area contributed by atoms with Crippen LogP contribution in [0.25, 0.3) is 0 Å². The second-order valence-corrected chi connectivity index (χ2v) is 5.19. The van der Waals surface area contributed by atoms with Gasteiger partial charge in [-0.1, -0.05) is 19.8 Å².